The monoisotopic (exact) mass is 573 g/mol. The van der Waals surface area contributed by atoms with Crippen LogP contribution in [-0.4, -0.2) is 56.3 Å². The number of rotatable bonds is 8. The summed E-state index contributed by atoms with van der Waals surface area (Å²) >= 11 is 0. The van der Waals surface area contributed by atoms with Gasteiger partial charge in [0.1, 0.15) is 5.84 Å². The van der Waals surface area contributed by atoms with E-state index in [1.807, 2.05) is 55.7 Å². The average Bonchev–Trinajstić information content (AvgIpc) is 3.42. The molecule has 9 nitrogen and oxygen atoms in total. The number of amidine groups is 2. The first-order valence-corrected chi connectivity index (χ1v) is 14.5. The Morgan fingerprint density at radius 3 is 2.40 bits per heavy atom. The van der Waals surface area contributed by atoms with Crippen molar-refractivity contribution in [3.05, 3.63) is 107 Å². The number of aromatic nitrogens is 2. The molecular formula is C34H35N7O2. The molecule has 0 atom stereocenters. The number of fused-ring (bicyclic) bond motifs is 2. The van der Waals surface area contributed by atoms with Crippen LogP contribution in [0.3, 0.4) is 0 Å². The zero-order chi connectivity index (χ0) is 30.1. The van der Waals surface area contributed by atoms with Crippen molar-refractivity contribution in [3.63, 3.8) is 0 Å². The second-order valence-corrected chi connectivity index (χ2v) is 11.2. The third-order valence-corrected chi connectivity index (χ3v) is 8.51. The second kappa shape index (κ2) is 11.6. The summed E-state index contributed by atoms with van der Waals surface area (Å²) in [6.07, 6.45) is 3.73. The van der Waals surface area contributed by atoms with Gasteiger partial charge < -0.3 is 25.2 Å². The maximum absolute atomic E-state index is 11.4. The quantitative estimate of drug-likeness (QED) is 0.139. The van der Waals surface area contributed by atoms with Gasteiger partial charge in [-0.1, -0.05) is 48.5 Å². The van der Waals surface area contributed by atoms with Gasteiger partial charge in [-0.15, -0.1) is 0 Å². The van der Waals surface area contributed by atoms with E-state index in [1.165, 1.54) is 0 Å². The molecule has 9 heteroatoms. The molecule has 0 amide bonds. The number of hydrogen-bond acceptors (Lipinski definition) is 5. The Morgan fingerprint density at radius 2 is 1.72 bits per heavy atom. The maximum atomic E-state index is 11.4. The second-order valence-electron chi connectivity index (χ2n) is 11.2. The van der Waals surface area contributed by atoms with Crippen LogP contribution in [-0.2, 0) is 13.1 Å². The number of nitrogen functional groups attached to an aromatic ring is 1. The van der Waals surface area contributed by atoms with Gasteiger partial charge in [0.25, 0.3) is 0 Å². The largest absolute Gasteiger partial charge is 0.478 e. The summed E-state index contributed by atoms with van der Waals surface area (Å²) < 4.78 is 2.16. The molecule has 2 heterocycles. The molecule has 1 aromatic heterocycles. The van der Waals surface area contributed by atoms with Crippen LogP contribution >= 0.6 is 0 Å². The fourth-order valence-corrected chi connectivity index (χ4v) is 6.16. The van der Waals surface area contributed by atoms with Gasteiger partial charge in [0.15, 0.2) is 0 Å². The number of aromatic carboxylic acids is 1. The van der Waals surface area contributed by atoms with Crippen LogP contribution in [0.4, 0.5) is 5.69 Å². The molecule has 1 saturated heterocycles. The Balaban J connectivity index is 1.35. The molecule has 1 fully saturated rings. The predicted molar refractivity (Wildman–Crippen MR) is 171 cm³/mol. The lowest BCUT2D eigenvalue weighted by atomic mass is 9.99. The van der Waals surface area contributed by atoms with E-state index >= 15 is 0 Å². The highest BCUT2D eigenvalue weighted by Gasteiger charge is 2.26. The van der Waals surface area contributed by atoms with E-state index in [4.69, 9.17) is 21.5 Å². The minimum atomic E-state index is -0.930. The number of benzene rings is 4. The number of carboxylic acid groups (broad SMARTS) is 1. The van der Waals surface area contributed by atoms with Gasteiger partial charge in [0.2, 0.25) is 0 Å². The van der Waals surface area contributed by atoms with Crippen molar-refractivity contribution in [2.75, 3.05) is 18.0 Å². The third-order valence-electron chi connectivity index (χ3n) is 8.51. The molecule has 5 aromatic rings. The molecule has 0 spiro atoms. The van der Waals surface area contributed by atoms with Crippen molar-refractivity contribution < 1.29 is 9.90 Å². The Hall–Kier alpha value is -5.18. The molecule has 1 aliphatic heterocycles. The van der Waals surface area contributed by atoms with Crippen LogP contribution in [0.2, 0.25) is 0 Å². The zero-order valence-corrected chi connectivity index (χ0v) is 24.1. The average molecular weight is 574 g/mol. The molecule has 218 valence electrons. The van der Waals surface area contributed by atoms with E-state index in [-0.39, 0.29) is 17.4 Å². The van der Waals surface area contributed by atoms with Gasteiger partial charge in [-0.2, -0.15) is 0 Å². The third kappa shape index (κ3) is 5.66. The molecule has 5 N–H and O–H groups in total. The van der Waals surface area contributed by atoms with Crippen molar-refractivity contribution >= 4 is 45.1 Å². The summed E-state index contributed by atoms with van der Waals surface area (Å²) in [5.74, 6) is -0.275. The molecular weight excluding hydrogens is 538 g/mol. The van der Waals surface area contributed by atoms with Crippen LogP contribution in [0.15, 0.2) is 85.2 Å². The smallest absolute Gasteiger partial charge is 0.335 e. The van der Waals surface area contributed by atoms with Gasteiger partial charge in [0, 0.05) is 43.5 Å². The summed E-state index contributed by atoms with van der Waals surface area (Å²) in [5, 5.41) is 27.5. The maximum Gasteiger partial charge on any atom is 0.335 e. The normalized spacial score (nSPS) is 13.8. The van der Waals surface area contributed by atoms with Gasteiger partial charge in [0.05, 0.1) is 28.8 Å². The fourth-order valence-electron chi connectivity index (χ4n) is 6.16. The number of nitrogens with two attached hydrogens (primary N) is 1. The molecule has 1 aliphatic rings. The standard InChI is InChI=1S/C34H35N7O2/c1-22(35)39-16-14-26(15-17-39)41(19-23-6-8-24(9-7-23)34(42)43)27-11-13-31-32(18-27)40(21-38-31)20-25-10-12-30(33(36)37)29-5-3-2-4-28(25)29/h2-13,18,21,26,35H,14-17,19-20H2,1H3,(H3,36,37)(H,42,43). The number of carbonyl (C=O) groups is 1. The zero-order valence-electron chi connectivity index (χ0n) is 24.1. The number of imidazole rings is 1. The van der Waals surface area contributed by atoms with Gasteiger partial charge in [-0.05, 0) is 72.0 Å². The highest BCUT2D eigenvalue weighted by atomic mass is 16.4. The Kier molecular flexibility index (Phi) is 7.54. The Labute approximate surface area is 250 Å². The van der Waals surface area contributed by atoms with Crippen LogP contribution in [0.1, 0.15) is 46.8 Å². The number of likely N-dealkylation sites (tertiary alicyclic amines) is 1. The summed E-state index contributed by atoms with van der Waals surface area (Å²) in [6.45, 7) is 4.77. The lowest BCUT2D eigenvalue weighted by molar-refractivity contribution is 0.0697. The molecule has 43 heavy (non-hydrogen) atoms. The predicted octanol–water partition coefficient (Wildman–Crippen LogP) is 5.69. The van der Waals surface area contributed by atoms with Crippen molar-refractivity contribution in [2.24, 2.45) is 5.73 Å². The molecule has 4 aromatic carbocycles. The van der Waals surface area contributed by atoms with Gasteiger partial charge >= 0.3 is 5.97 Å². The lowest BCUT2D eigenvalue weighted by Crippen LogP contribution is -2.46. The van der Waals surface area contributed by atoms with Gasteiger partial charge in [-0.25, -0.2) is 9.78 Å². The van der Waals surface area contributed by atoms with Crippen molar-refractivity contribution in [1.82, 2.24) is 14.5 Å². The summed E-state index contributed by atoms with van der Waals surface area (Å²) in [5.41, 5.74) is 12.1. The number of piperidine rings is 1. The summed E-state index contributed by atoms with van der Waals surface area (Å²) in [6, 6.07) is 25.8. The number of carboxylic acids is 1. The van der Waals surface area contributed by atoms with E-state index in [0.29, 0.717) is 18.9 Å². The first kappa shape index (κ1) is 28.0. The van der Waals surface area contributed by atoms with E-state index < -0.39 is 5.97 Å². The number of nitrogens with zero attached hydrogens (tertiary/aromatic N) is 4. The van der Waals surface area contributed by atoms with E-state index in [1.54, 1.807) is 12.1 Å². The number of nitrogens with one attached hydrogen (secondary N) is 2. The number of anilines is 1. The molecule has 0 radical (unpaired) electrons. The van der Waals surface area contributed by atoms with E-state index in [0.717, 1.165) is 70.1 Å². The van der Waals surface area contributed by atoms with Crippen molar-refractivity contribution in [3.8, 4) is 0 Å². The molecule has 0 bridgehead atoms. The minimum absolute atomic E-state index is 0.0553. The van der Waals surface area contributed by atoms with Crippen molar-refractivity contribution in [1.29, 1.82) is 10.8 Å². The summed E-state index contributed by atoms with van der Waals surface area (Å²) in [4.78, 5) is 20.6. The first-order chi connectivity index (χ1) is 20.8. The SMILES string of the molecule is CC(=N)N1CCC(N(Cc2ccc(C(=O)O)cc2)c2ccc3ncn(Cc4ccc(C(=N)N)c5ccccc45)c3c2)CC1. The summed E-state index contributed by atoms with van der Waals surface area (Å²) in [7, 11) is 0. The molecule has 0 saturated carbocycles. The first-order valence-electron chi connectivity index (χ1n) is 14.5. The van der Waals surface area contributed by atoms with Crippen LogP contribution in [0.5, 0.6) is 0 Å². The highest BCUT2D eigenvalue weighted by Crippen LogP contribution is 2.30. The minimum Gasteiger partial charge on any atom is -0.478 e. The highest BCUT2D eigenvalue weighted by molar-refractivity contribution is 6.08. The van der Waals surface area contributed by atoms with E-state index in [9.17, 15) is 9.90 Å². The van der Waals surface area contributed by atoms with E-state index in [2.05, 4.69) is 38.6 Å². The molecule has 0 unspecified atom stereocenters. The van der Waals surface area contributed by atoms with Crippen LogP contribution in [0.25, 0.3) is 21.8 Å². The van der Waals surface area contributed by atoms with Gasteiger partial charge in [-0.3, -0.25) is 10.8 Å². The number of hydrogen-bond donors (Lipinski definition) is 4. The Bertz CT molecular complexity index is 1840. The topological polar surface area (TPSA) is 135 Å². The van der Waals surface area contributed by atoms with Crippen molar-refractivity contribution in [2.45, 2.75) is 38.9 Å². The Morgan fingerprint density at radius 1 is 1.00 bits per heavy atom. The van der Waals surface area contributed by atoms with Crippen LogP contribution < -0.4 is 10.6 Å². The lowest BCUT2D eigenvalue weighted by Gasteiger charge is -2.40. The van der Waals surface area contributed by atoms with Crippen LogP contribution in [0, 0.1) is 10.8 Å². The fraction of sp³-hybridized carbons (Fsp3) is 0.235. The molecule has 0 aliphatic carbocycles. The molecule has 6 rings (SSSR count).